The fourth-order valence-electron chi connectivity index (χ4n) is 2.25. The smallest absolute Gasteiger partial charge is 0.416 e. The zero-order valence-electron chi connectivity index (χ0n) is 13.2. The largest absolute Gasteiger partial charge is 0.462 e. The van der Waals surface area contributed by atoms with Crippen LogP contribution >= 0.6 is 22.9 Å². The molecule has 2 aromatic heterocycles. The number of esters is 1. The number of thiophene rings is 1. The summed E-state index contributed by atoms with van der Waals surface area (Å²) in [6.07, 6.45) is -3.27. The molecule has 26 heavy (non-hydrogen) atoms. The Morgan fingerprint density at radius 1 is 1.35 bits per heavy atom. The van der Waals surface area contributed by atoms with Crippen LogP contribution in [0.15, 0.2) is 29.9 Å². The van der Waals surface area contributed by atoms with Crippen molar-refractivity contribution in [3.8, 4) is 0 Å². The molecule has 0 fully saturated rings. The fourth-order valence-corrected chi connectivity index (χ4v) is 3.29. The van der Waals surface area contributed by atoms with E-state index in [2.05, 4.69) is 15.3 Å². The Hall–Kier alpha value is -2.39. The van der Waals surface area contributed by atoms with Gasteiger partial charge in [0.25, 0.3) is 0 Å². The van der Waals surface area contributed by atoms with Crippen LogP contribution < -0.4 is 5.32 Å². The van der Waals surface area contributed by atoms with Crippen molar-refractivity contribution in [1.82, 2.24) is 9.97 Å². The van der Waals surface area contributed by atoms with E-state index in [1.165, 1.54) is 17.7 Å². The highest BCUT2D eigenvalue weighted by Gasteiger charge is 2.31. The molecule has 10 heteroatoms. The quantitative estimate of drug-likeness (QED) is 0.602. The topological polar surface area (TPSA) is 64.1 Å². The molecule has 0 radical (unpaired) electrons. The minimum absolute atomic E-state index is 0.0162. The van der Waals surface area contributed by atoms with Gasteiger partial charge in [-0.05, 0) is 25.1 Å². The van der Waals surface area contributed by atoms with Crippen molar-refractivity contribution in [2.24, 2.45) is 0 Å². The first-order valence-electron chi connectivity index (χ1n) is 7.34. The van der Waals surface area contributed by atoms with Crippen molar-refractivity contribution >= 4 is 50.6 Å². The number of alkyl halides is 3. The summed E-state index contributed by atoms with van der Waals surface area (Å²) in [5.41, 5.74) is -0.605. The maximum absolute atomic E-state index is 12.9. The molecule has 0 unspecified atom stereocenters. The van der Waals surface area contributed by atoms with Gasteiger partial charge in [0.2, 0.25) is 0 Å². The molecular weight excluding hydrogens is 391 g/mol. The molecule has 1 N–H and O–H groups in total. The molecule has 136 valence electrons. The van der Waals surface area contributed by atoms with E-state index in [1.54, 1.807) is 12.3 Å². The fraction of sp³-hybridized carbons (Fsp3) is 0.188. The highest BCUT2D eigenvalue weighted by molar-refractivity contribution is 7.17. The number of hydrogen-bond donors (Lipinski definition) is 1. The number of benzene rings is 1. The molecule has 1 aromatic carbocycles. The maximum atomic E-state index is 12.9. The summed E-state index contributed by atoms with van der Waals surface area (Å²) in [5, 5.41) is 4.78. The van der Waals surface area contributed by atoms with Gasteiger partial charge in [0, 0.05) is 5.38 Å². The SMILES string of the molecule is CCOC(=O)c1csc2ncnc(Nc3cc(C(F)(F)F)ccc3Cl)c12. The number of ether oxygens (including phenoxy) is 1. The van der Waals surface area contributed by atoms with Gasteiger partial charge in [-0.1, -0.05) is 11.6 Å². The minimum atomic E-state index is -4.51. The molecule has 0 saturated carbocycles. The molecule has 0 aliphatic carbocycles. The molecule has 3 rings (SSSR count). The molecule has 2 heterocycles. The van der Waals surface area contributed by atoms with Crippen molar-refractivity contribution < 1.29 is 22.7 Å². The van der Waals surface area contributed by atoms with Gasteiger partial charge in [-0.25, -0.2) is 14.8 Å². The predicted molar refractivity (Wildman–Crippen MR) is 93.1 cm³/mol. The molecule has 0 spiro atoms. The summed E-state index contributed by atoms with van der Waals surface area (Å²) in [7, 11) is 0. The van der Waals surface area contributed by atoms with Crippen LogP contribution in [0, 0.1) is 0 Å². The summed E-state index contributed by atoms with van der Waals surface area (Å²) >= 11 is 7.21. The van der Waals surface area contributed by atoms with Crippen LogP contribution in [0.4, 0.5) is 24.7 Å². The lowest BCUT2D eigenvalue weighted by Gasteiger charge is -2.13. The second-order valence-electron chi connectivity index (χ2n) is 5.09. The molecule has 0 bridgehead atoms. The number of hydrogen-bond acceptors (Lipinski definition) is 6. The Labute approximate surface area is 154 Å². The van der Waals surface area contributed by atoms with E-state index in [4.69, 9.17) is 16.3 Å². The van der Waals surface area contributed by atoms with E-state index in [-0.39, 0.29) is 28.7 Å². The average molecular weight is 402 g/mol. The van der Waals surface area contributed by atoms with Crippen LogP contribution in [-0.4, -0.2) is 22.5 Å². The van der Waals surface area contributed by atoms with Crippen molar-refractivity contribution in [3.63, 3.8) is 0 Å². The first-order chi connectivity index (χ1) is 12.3. The minimum Gasteiger partial charge on any atom is -0.462 e. The summed E-state index contributed by atoms with van der Waals surface area (Å²) in [6, 6.07) is 2.91. The summed E-state index contributed by atoms with van der Waals surface area (Å²) < 4.78 is 43.8. The van der Waals surface area contributed by atoms with Crippen molar-refractivity contribution in [3.05, 3.63) is 46.1 Å². The second kappa shape index (κ2) is 7.08. The first kappa shape index (κ1) is 18.4. The Balaban J connectivity index is 2.07. The van der Waals surface area contributed by atoms with Crippen molar-refractivity contribution in [2.75, 3.05) is 11.9 Å². The molecule has 0 aliphatic heterocycles. The summed E-state index contributed by atoms with van der Waals surface area (Å²) in [5.74, 6) is -0.396. The highest BCUT2D eigenvalue weighted by atomic mass is 35.5. The van der Waals surface area contributed by atoms with Crippen LogP contribution in [0.2, 0.25) is 5.02 Å². The molecular formula is C16H11ClF3N3O2S. The molecule has 5 nitrogen and oxygen atoms in total. The lowest BCUT2D eigenvalue weighted by atomic mass is 10.2. The Morgan fingerprint density at radius 2 is 2.12 bits per heavy atom. The Bertz CT molecular complexity index is 975. The van der Waals surface area contributed by atoms with Crippen LogP contribution in [0.3, 0.4) is 0 Å². The highest BCUT2D eigenvalue weighted by Crippen LogP contribution is 2.37. The number of nitrogens with one attached hydrogen (secondary N) is 1. The van der Waals surface area contributed by atoms with Crippen LogP contribution in [-0.2, 0) is 10.9 Å². The first-order valence-corrected chi connectivity index (χ1v) is 8.60. The van der Waals surface area contributed by atoms with Crippen LogP contribution in [0.5, 0.6) is 0 Å². The molecule has 3 aromatic rings. The molecule has 0 aliphatic rings. The zero-order valence-corrected chi connectivity index (χ0v) is 14.8. The van der Waals surface area contributed by atoms with E-state index in [0.717, 1.165) is 18.2 Å². The third-order valence-corrected chi connectivity index (χ3v) is 4.63. The molecule has 0 atom stereocenters. The van der Waals surface area contributed by atoms with E-state index < -0.39 is 17.7 Å². The lowest BCUT2D eigenvalue weighted by Crippen LogP contribution is -2.07. The summed E-state index contributed by atoms with van der Waals surface area (Å²) in [4.78, 5) is 20.7. The average Bonchev–Trinajstić information content (AvgIpc) is 3.01. The standard InChI is InChI=1S/C16H11ClF3N3O2S/c1-2-25-15(24)9-6-26-14-12(9)13(21-7-22-14)23-11-5-8(16(18,19)20)3-4-10(11)17/h3-7H,2H2,1H3,(H,21,22,23). The van der Waals surface area contributed by atoms with Gasteiger partial charge in [0.05, 0.1) is 33.8 Å². The van der Waals surface area contributed by atoms with Crippen LogP contribution in [0.25, 0.3) is 10.2 Å². The third kappa shape index (κ3) is 3.58. The number of aromatic nitrogens is 2. The number of nitrogens with zero attached hydrogens (tertiary/aromatic N) is 2. The van der Waals surface area contributed by atoms with E-state index in [9.17, 15) is 18.0 Å². The van der Waals surface area contributed by atoms with Gasteiger partial charge in [-0.2, -0.15) is 13.2 Å². The van der Waals surface area contributed by atoms with Gasteiger partial charge >= 0.3 is 12.1 Å². The predicted octanol–water partition coefficient (Wildman–Crippen LogP) is 5.28. The molecule has 0 saturated heterocycles. The Morgan fingerprint density at radius 3 is 2.81 bits per heavy atom. The van der Waals surface area contributed by atoms with Gasteiger partial charge in [0.1, 0.15) is 17.0 Å². The number of carbonyl (C=O) groups excluding carboxylic acids is 1. The van der Waals surface area contributed by atoms with Crippen molar-refractivity contribution in [2.45, 2.75) is 13.1 Å². The van der Waals surface area contributed by atoms with E-state index >= 15 is 0 Å². The number of fused-ring (bicyclic) bond motifs is 1. The van der Waals surface area contributed by atoms with Gasteiger partial charge in [-0.15, -0.1) is 11.3 Å². The normalized spacial score (nSPS) is 11.6. The van der Waals surface area contributed by atoms with E-state index in [1.807, 2.05) is 0 Å². The van der Waals surface area contributed by atoms with Crippen molar-refractivity contribution in [1.29, 1.82) is 0 Å². The lowest BCUT2D eigenvalue weighted by molar-refractivity contribution is -0.137. The zero-order chi connectivity index (χ0) is 18.9. The molecule has 0 amide bonds. The van der Waals surface area contributed by atoms with Crippen LogP contribution in [0.1, 0.15) is 22.8 Å². The number of halogens is 4. The third-order valence-electron chi connectivity index (χ3n) is 3.41. The monoisotopic (exact) mass is 401 g/mol. The van der Waals surface area contributed by atoms with Gasteiger partial charge in [0.15, 0.2) is 0 Å². The van der Waals surface area contributed by atoms with Gasteiger partial charge in [-0.3, -0.25) is 0 Å². The van der Waals surface area contributed by atoms with E-state index in [0.29, 0.717) is 10.2 Å². The van der Waals surface area contributed by atoms with Gasteiger partial charge < -0.3 is 10.1 Å². The maximum Gasteiger partial charge on any atom is 0.416 e. The number of anilines is 2. The second-order valence-corrected chi connectivity index (χ2v) is 6.35. The number of rotatable bonds is 4. The Kier molecular flexibility index (Phi) is 5.01. The number of carbonyl (C=O) groups is 1. The summed E-state index contributed by atoms with van der Waals surface area (Å²) in [6.45, 7) is 1.86.